The van der Waals surface area contributed by atoms with E-state index >= 15 is 0 Å². The van der Waals surface area contributed by atoms with Crippen LogP contribution in [-0.2, 0) is 0 Å². The summed E-state index contributed by atoms with van der Waals surface area (Å²) in [6.07, 6.45) is 0.116. The number of rotatable bonds is 2. The molecule has 0 aliphatic rings. The Morgan fingerprint density at radius 2 is 2.08 bits per heavy atom. The zero-order valence-corrected chi connectivity index (χ0v) is 7.80. The lowest BCUT2D eigenvalue weighted by Crippen LogP contribution is -2.05. The molecule has 66 valence electrons. The minimum Gasteiger partial charge on any atom is -0.506 e. The van der Waals surface area contributed by atoms with Gasteiger partial charge in [-0.05, 0) is 26.0 Å². The van der Waals surface area contributed by atoms with Gasteiger partial charge in [0.1, 0.15) is 11.5 Å². The van der Waals surface area contributed by atoms with Crippen LogP contribution in [0.2, 0.25) is 5.02 Å². The zero-order valence-electron chi connectivity index (χ0n) is 7.04. The van der Waals surface area contributed by atoms with Gasteiger partial charge in [0.25, 0.3) is 0 Å². The van der Waals surface area contributed by atoms with E-state index in [0.29, 0.717) is 10.8 Å². The fourth-order valence-electron chi connectivity index (χ4n) is 0.833. The molecule has 0 spiro atoms. The number of halogens is 1. The van der Waals surface area contributed by atoms with Gasteiger partial charge in [0.2, 0.25) is 0 Å². The van der Waals surface area contributed by atoms with Crippen molar-refractivity contribution in [3.63, 3.8) is 0 Å². The Hall–Kier alpha value is -0.890. The highest BCUT2D eigenvalue weighted by Gasteiger charge is 2.01. The van der Waals surface area contributed by atoms with E-state index in [0.717, 1.165) is 0 Å². The Bertz CT molecular complexity index is 271. The number of benzene rings is 1. The molecular weight excluding hydrogens is 176 g/mol. The molecule has 0 radical (unpaired) electrons. The molecule has 12 heavy (non-hydrogen) atoms. The average molecular weight is 187 g/mol. The summed E-state index contributed by atoms with van der Waals surface area (Å²) in [6.45, 7) is 3.86. The number of aromatic hydroxyl groups is 1. The first-order chi connectivity index (χ1) is 5.59. The molecule has 0 saturated heterocycles. The summed E-state index contributed by atoms with van der Waals surface area (Å²) >= 11 is 5.67. The minimum atomic E-state index is 0.0766. The van der Waals surface area contributed by atoms with Crippen LogP contribution in [0.15, 0.2) is 18.2 Å². The number of phenols is 1. The summed E-state index contributed by atoms with van der Waals surface area (Å²) < 4.78 is 5.35. The van der Waals surface area contributed by atoms with Gasteiger partial charge in [-0.25, -0.2) is 0 Å². The van der Waals surface area contributed by atoms with Crippen molar-refractivity contribution in [3.8, 4) is 11.5 Å². The van der Waals surface area contributed by atoms with E-state index in [1.165, 1.54) is 6.07 Å². The van der Waals surface area contributed by atoms with E-state index in [1.807, 2.05) is 13.8 Å². The lowest BCUT2D eigenvalue weighted by Gasteiger charge is -2.09. The van der Waals surface area contributed by atoms with E-state index < -0.39 is 0 Å². The van der Waals surface area contributed by atoms with Gasteiger partial charge in [0.15, 0.2) is 0 Å². The van der Waals surface area contributed by atoms with Crippen molar-refractivity contribution in [1.29, 1.82) is 0 Å². The summed E-state index contributed by atoms with van der Waals surface area (Å²) in [4.78, 5) is 0. The highest BCUT2D eigenvalue weighted by Crippen LogP contribution is 2.27. The average Bonchev–Trinajstić information content (AvgIpc) is 1.96. The third-order valence-corrected chi connectivity index (χ3v) is 1.59. The molecule has 0 fully saturated rings. The Balaban J connectivity index is 2.82. The maximum absolute atomic E-state index is 9.09. The predicted octanol–water partition coefficient (Wildman–Crippen LogP) is 2.83. The van der Waals surface area contributed by atoms with Gasteiger partial charge in [-0.3, -0.25) is 0 Å². The highest BCUT2D eigenvalue weighted by atomic mass is 35.5. The Kier molecular flexibility index (Phi) is 2.82. The molecule has 0 unspecified atom stereocenters. The van der Waals surface area contributed by atoms with Gasteiger partial charge in [0, 0.05) is 6.07 Å². The van der Waals surface area contributed by atoms with Crippen LogP contribution in [0.4, 0.5) is 0 Å². The Labute approximate surface area is 76.7 Å². The van der Waals surface area contributed by atoms with Crippen LogP contribution in [0.5, 0.6) is 11.5 Å². The molecule has 0 amide bonds. The second-order valence-corrected chi connectivity index (χ2v) is 3.19. The van der Waals surface area contributed by atoms with Crippen molar-refractivity contribution in [2.45, 2.75) is 20.0 Å². The summed E-state index contributed by atoms with van der Waals surface area (Å²) in [5, 5.41) is 9.40. The number of phenolic OH excluding ortho intramolecular Hbond substituents is 1. The quantitative estimate of drug-likeness (QED) is 0.770. The van der Waals surface area contributed by atoms with Gasteiger partial charge in [-0.15, -0.1) is 0 Å². The molecule has 0 atom stereocenters. The van der Waals surface area contributed by atoms with Gasteiger partial charge in [-0.2, -0.15) is 0 Å². The number of hydrogen-bond donors (Lipinski definition) is 1. The van der Waals surface area contributed by atoms with E-state index in [1.54, 1.807) is 12.1 Å². The van der Waals surface area contributed by atoms with Crippen LogP contribution in [-0.4, -0.2) is 11.2 Å². The van der Waals surface area contributed by atoms with Crippen LogP contribution in [0.25, 0.3) is 0 Å². The number of hydrogen-bond acceptors (Lipinski definition) is 2. The minimum absolute atomic E-state index is 0.0766. The van der Waals surface area contributed by atoms with Crippen molar-refractivity contribution in [2.75, 3.05) is 0 Å². The molecule has 1 aromatic rings. The second-order valence-electron chi connectivity index (χ2n) is 2.78. The first-order valence-electron chi connectivity index (χ1n) is 3.75. The summed E-state index contributed by atoms with van der Waals surface area (Å²) in [6, 6.07) is 4.79. The molecule has 1 N–H and O–H groups in total. The maximum Gasteiger partial charge on any atom is 0.134 e. The molecule has 0 aliphatic carbocycles. The fourth-order valence-corrected chi connectivity index (χ4v) is 1.00. The Morgan fingerprint density at radius 1 is 1.42 bits per heavy atom. The monoisotopic (exact) mass is 186 g/mol. The van der Waals surface area contributed by atoms with Gasteiger partial charge in [-0.1, -0.05) is 11.6 Å². The van der Waals surface area contributed by atoms with Crippen LogP contribution in [0.3, 0.4) is 0 Å². The molecule has 0 aliphatic heterocycles. The van der Waals surface area contributed by atoms with Crippen LogP contribution in [0.1, 0.15) is 13.8 Å². The lowest BCUT2D eigenvalue weighted by atomic mass is 10.3. The molecule has 0 heterocycles. The maximum atomic E-state index is 9.09. The first kappa shape index (κ1) is 9.20. The fraction of sp³-hybridized carbons (Fsp3) is 0.333. The molecule has 0 bridgehead atoms. The van der Waals surface area contributed by atoms with E-state index in [2.05, 4.69) is 0 Å². The van der Waals surface area contributed by atoms with Gasteiger partial charge in [0.05, 0.1) is 11.1 Å². The second kappa shape index (κ2) is 3.68. The van der Waals surface area contributed by atoms with Crippen molar-refractivity contribution < 1.29 is 9.84 Å². The third-order valence-electron chi connectivity index (χ3n) is 1.29. The van der Waals surface area contributed by atoms with E-state index in [9.17, 15) is 0 Å². The first-order valence-corrected chi connectivity index (χ1v) is 4.12. The number of ether oxygens (including phenoxy) is 1. The summed E-state index contributed by atoms with van der Waals surface area (Å²) in [7, 11) is 0. The zero-order chi connectivity index (χ0) is 9.14. The summed E-state index contributed by atoms with van der Waals surface area (Å²) in [5.74, 6) is 0.751. The van der Waals surface area contributed by atoms with Crippen molar-refractivity contribution in [2.24, 2.45) is 0 Å². The molecular formula is C9H11ClO2. The largest absolute Gasteiger partial charge is 0.506 e. The smallest absolute Gasteiger partial charge is 0.134 e. The highest BCUT2D eigenvalue weighted by molar-refractivity contribution is 6.32. The molecule has 2 nitrogen and oxygen atoms in total. The third kappa shape index (κ3) is 2.31. The molecule has 0 aromatic heterocycles. The van der Waals surface area contributed by atoms with Gasteiger partial charge >= 0.3 is 0 Å². The van der Waals surface area contributed by atoms with E-state index in [4.69, 9.17) is 21.4 Å². The van der Waals surface area contributed by atoms with Crippen molar-refractivity contribution in [1.82, 2.24) is 0 Å². The summed E-state index contributed by atoms with van der Waals surface area (Å²) in [5.41, 5.74) is 0. The topological polar surface area (TPSA) is 29.5 Å². The van der Waals surface area contributed by atoms with Crippen molar-refractivity contribution in [3.05, 3.63) is 23.2 Å². The van der Waals surface area contributed by atoms with Crippen LogP contribution >= 0.6 is 11.6 Å². The normalized spacial score (nSPS) is 10.3. The van der Waals surface area contributed by atoms with Crippen LogP contribution < -0.4 is 4.74 Å². The predicted molar refractivity (Wildman–Crippen MR) is 48.9 cm³/mol. The lowest BCUT2D eigenvalue weighted by molar-refractivity contribution is 0.242. The van der Waals surface area contributed by atoms with Crippen molar-refractivity contribution >= 4 is 11.6 Å². The molecule has 0 saturated carbocycles. The SMILES string of the molecule is CC(C)Oc1ccc(O)c(Cl)c1. The van der Waals surface area contributed by atoms with Crippen LogP contribution in [0, 0.1) is 0 Å². The standard InChI is InChI=1S/C9H11ClO2/c1-6(2)12-7-3-4-9(11)8(10)5-7/h3-6,11H,1-2H3. The molecule has 1 rings (SSSR count). The molecule has 1 aromatic carbocycles. The van der Waals surface area contributed by atoms with Gasteiger partial charge < -0.3 is 9.84 Å². The molecule has 3 heteroatoms. The Morgan fingerprint density at radius 3 is 2.58 bits per heavy atom. The van der Waals surface area contributed by atoms with E-state index in [-0.39, 0.29) is 11.9 Å².